The Morgan fingerprint density at radius 1 is 1.25 bits per heavy atom. The quantitative estimate of drug-likeness (QED) is 0.665. The molecule has 7 heteroatoms. The summed E-state index contributed by atoms with van der Waals surface area (Å²) in [6, 6.07) is 10.9. The Morgan fingerprint density at radius 2 is 1.96 bits per heavy atom. The van der Waals surface area contributed by atoms with E-state index in [2.05, 4.69) is 10.5 Å². The van der Waals surface area contributed by atoms with Crippen LogP contribution in [0.5, 0.6) is 0 Å². The Bertz CT molecular complexity index is 733. The van der Waals surface area contributed by atoms with Crippen LogP contribution in [-0.4, -0.2) is 31.1 Å². The van der Waals surface area contributed by atoms with Crippen LogP contribution in [0.4, 0.5) is 0 Å². The molecule has 1 saturated heterocycles. The predicted octanol–water partition coefficient (Wildman–Crippen LogP) is 3.20. The average molecular weight is 349 g/mol. The van der Waals surface area contributed by atoms with Crippen molar-refractivity contribution in [2.24, 2.45) is 5.10 Å². The molecule has 0 saturated carbocycles. The molecule has 1 aliphatic rings. The minimum Gasteiger partial charge on any atom is -0.455 e. The highest BCUT2D eigenvalue weighted by molar-refractivity contribution is 6.30. The molecule has 24 heavy (non-hydrogen) atoms. The molecule has 3 rings (SSSR count). The van der Waals surface area contributed by atoms with Crippen molar-refractivity contribution in [2.75, 3.05) is 13.2 Å². The summed E-state index contributed by atoms with van der Waals surface area (Å²) in [5, 5.41) is 4.55. The van der Waals surface area contributed by atoms with Gasteiger partial charge in [-0.25, -0.2) is 5.43 Å². The number of carbonyl (C=O) groups excluding carboxylic acids is 1. The van der Waals surface area contributed by atoms with Crippen LogP contribution < -0.4 is 5.43 Å². The first-order chi connectivity index (χ1) is 11.5. The fraction of sp³-hybridized carbons (Fsp3) is 0.294. The molecule has 1 amide bonds. The van der Waals surface area contributed by atoms with Gasteiger partial charge < -0.3 is 13.9 Å². The Hall–Kier alpha value is -2.15. The summed E-state index contributed by atoms with van der Waals surface area (Å²) >= 11 is 5.86. The highest BCUT2D eigenvalue weighted by atomic mass is 35.5. The molecule has 126 valence electrons. The van der Waals surface area contributed by atoms with Crippen LogP contribution in [0.15, 0.2) is 45.9 Å². The topological polar surface area (TPSA) is 73.1 Å². The fourth-order valence-electron chi connectivity index (χ4n) is 2.35. The lowest BCUT2D eigenvalue weighted by atomic mass is 10.2. The third-order valence-electron chi connectivity index (χ3n) is 3.52. The maximum Gasteiger partial charge on any atom is 0.245 e. The van der Waals surface area contributed by atoms with Gasteiger partial charge in [-0.2, -0.15) is 5.10 Å². The molecule has 0 atom stereocenters. The van der Waals surface area contributed by atoms with E-state index < -0.39 is 5.79 Å². The number of furan rings is 1. The van der Waals surface area contributed by atoms with Crippen molar-refractivity contribution in [2.45, 2.75) is 19.1 Å². The minimum absolute atomic E-state index is 0.0819. The molecule has 0 unspecified atom stereocenters. The van der Waals surface area contributed by atoms with Gasteiger partial charge in [0.25, 0.3) is 0 Å². The lowest BCUT2D eigenvalue weighted by Gasteiger charge is -2.20. The molecule has 0 radical (unpaired) electrons. The Morgan fingerprint density at radius 3 is 2.67 bits per heavy atom. The number of benzene rings is 1. The van der Waals surface area contributed by atoms with E-state index in [0.717, 1.165) is 5.56 Å². The van der Waals surface area contributed by atoms with Gasteiger partial charge in [0.2, 0.25) is 5.91 Å². The lowest BCUT2D eigenvalue weighted by Crippen LogP contribution is -2.33. The summed E-state index contributed by atoms with van der Waals surface area (Å²) < 4.78 is 16.4. The second kappa shape index (κ2) is 7.17. The molecule has 2 heterocycles. The van der Waals surface area contributed by atoms with E-state index in [-0.39, 0.29) is 12.3 Å². The third kappa shape index (κ3) is 4.23. The molecule has 1 aliphatic heterocycles. The van der Waals surface area contributed by atoms with E-state index in [9.17, 15) is 4.79 Å². The van der Waals surface area contributed by atoms with Crippen molar-refractivity contribution in [3.05, 3.63) is 47.2 Å². The van der Waals surface area contributed by atoms with Crippen molar-refractivity contribution >= 4 is 23.7 Å². The van der Waals surface area contributed by atoms with Crippen molar-refractivity contribution in [3.63, 3.8) is 0 Å². The zero-order chi connectivity index (χ0) is 17.0. The molecule has 0 aliphatic carbocycles. The molecular formula is C17H17ClN2O4. The van der Waals surface area contributed by atoms with Crippen LogP contribution in [0.25, 0.3) is 11.3 Å². The number of carbonyl (C=O) groups is 1. The maximum atomic E-state index is 11.8. The number of nitrogens with zero attached hydrogens (tertiary/aromatic N) is 1. The summed E-state index contributed by atoms with van der Waals surface area (Å²) in [7, 11) is 0. The molecular weight excluding hydrogens is 332 g/mol. The molecule has 6 nitrogen and oxygen atoms in total. The van der Waals surface area contributed by atoms with Gasteiger partial charge >= 0.3 is 0 Å². The van der Waals surface area contributed by atoms with Crippen molar-refractivity contribution < 1.29 is 18.7 Å². The molecule has 0 spiro atoms. The highest BCUT2D eigenvalue weighted by Crippen LogP contribution is 2.23. The van der Waals surface area contributed by atoms with Crippen LogP contribution in [0.3, 0.4) is 0 Å². The molecule has 1 N–H and O–H groups in total. The number of hydrogen-bond acceptors (Lipinski definition) is 5. The van der Waals surface area contributed by atoms with E-state index in [1.807, 2.05) is 18.2 Å². The molecule has 2 aromatic rings. The highest BCUT2D eigenvalue weighted by Gasteiger charge is 2.33. The van der Waals surface area contributed by atoms with Gasteiger partial charge in [-0.1, -0.05) is 11.6 Å². The summed E-state index contributed by atoms with van der Waals surface area (Å²) in [5.74, 6) is 0.0612. The van der Waals surface area contributed by atoms with E-state index in [1.165, 1.54) is 6.21 Å². The van der Waals surface area contributed by atoms with Gasteiger partial charge in [0.1, 0.15) is 11.5 Å². The van der Waals surface area contributed by atoms with E-state index in [0.29, 0.717) is 29.8 Å². The van der Waals surface area contributed by atoms with Gasteiger partial charge in [-0.15, -0.1) is 0 Å². The summed E-state index contributed by atoms with van der Waals surface area (Å²) in [6.45, 7) is 2.72. The van der Waals surface area contributed by atoms with E-state index >= 15 is 0 Å². The second-order valence-corrected chi connectivity index (χ2v) is 5.95. The summed E-state index contributed by atoms with van der Waals surface area (Å²) in [4.78, 5) is 11.8. The number of halogens is 1. The van der Waals surface area contributed by atoms with Gasteiger partial charge in [-0.3, -0.25) is 4.79 Å². The zero-order valence-corrected chi connectivity index (χ0v) is 13.9. The largest absolute Gasteiger partial charge is 0.455 e. The smallest absolute Gasteiger partial charge is 0.245 e. The first kappa shape index (κ1) is 16.7. The number of nitrogens with one attached hydrogen (secondary N) is 1. The molecule has 0 bridgehead atoms. The van der Waals surface area contributed by atoms with Crippen LogP contribution >= 0.6 is 11.6 Å². The lowest BCUT2D eigenvalue weighted by molar-refractivity contribution is -0.159. The van der Waals surface area contributed by atoms with Gasteiger partial charge in [0, 0.05) is 10.6 Å². The zero-order valence-electron chi connectivity index (χ0n) is 13.1. The SMILES string of the molecule is CC1(CC(=O)N/N=C/c2ccc(-c3ccc(Cl)cc3)o2)OCCO1. The molecule has 1 aromatic carbocycles. The Labute approximate surface area is 144 Å². The normalized spacial score (nSPS) is 16.6. The Balaban J connectivity index is 1.55. The van der Waals surface area contributed by atoms with E-state index in [1.54, 1.807) is 25.1 Å². The van der Waals surface area contributed by atoms with Crippen LogP contribution in [-0.2, 0) is 14.3 Å². The Kier molecular flexibility index (Phi) is 4.99. The van der Waals surface area contributed by atoms with Crippen molar-refractivity contribution in [3.8, 4) is 11.3 Å². The van der Waals surface area contributed by atoms with Crippen LogP contribution in [0.2, 0.25) is 5.02 Å². The second-order valence-electron chi connectivity index (χ2n) is 5.51. The molecule has 1 aromatic heterocycles. The van der Waals surface area contributed by atoms with E-state index in [4.69, 9.17) is 25.5 Å². The van der Waals surface area contributed by atoms with Gasteiger partial charge in [0.15, 0.2) is 5.79 Å². The van der Waals surface area contributed by atoms with Crippen LogP contribution in [0.1, 0.15) is 19.1 Å². The first-order valence-electron chi connectivity index (χ1n) is 7.50. The summed E-state index contributed by atoms with van der Waals surface area (Å²) in [6.07, 6.45) is 1.52. The van der Waals surface area contributed by atoms with Crippen LogP contribution in [0, 0.1) is 0 Å². The van der Waals surface area contributed by atoms with Gasteiger partial charge in [0.05, 0.1) is 25.8 Å². The first-order valence-corrected chi connectivity index (χ1v) is 7.87. The van der Waals surface area contributed by atoms with Crippen molar-refractivity contribution in [1.82, 2.24) is 5.43 Å². The number of ether oxygens (including phenoxy) is 2. The predicted molar refractivity (Wildman–Crippen MR) is 89.8 cm³/mol. The average Bonchev–Trinajstić information content (AvgIpc) is 3.17. The number of amides is 1. The molecule has 1 fully saturated rings. The van der Waals surface area contributed by atoms with Crippen molar-refractivity contribution in [1.29, 1.82) is 0 Å². The monoisotopic (exact) mass is 348 g/mol. The maximum absolute atomic E-state index is 11.8. The number of rotatable bonds is 5. The summed E-state index contributed by atoms with van der Waals surface area (Å²) in [5.41, 5.74) is 3.34. The standard InChI is InChI=1S/C17H17ClN2O4/c1-17(22-8-9-23-17)10-16(21)20-19-11-14-6-7-15(24-14)12-2-4-13(18)5-3-12/h2-7,11H,8-10H2,1H3,(H,20,21)/b19-11+. The minimum atomic E-state index is -0.869. The number of hydrazone groups is 1. The third-order valence-corrected chi connectivity index (χ3v) is 3.77. The number of hydrogen-bond donors (Lipinski definition) is 1. The van der Waals surface area contributed by atoms with Gasteiger partial charge in [-0.05, 0) is 43.3 Å². The fourth-order valence-corrected chi connectivity index (χ4v) is 2.48.